The maximum absolute atomic E-state index is 6.24. The minimum Gasteiger partial charge on any atom is -0.456 e. The number of nitrogens with zero attached hydrogens (tertiary/aromatic N) is 1. The van der Waals surface area contributed by atoms with Gasteiger partial charge in [-0.15, -0.1) is 0 Å². The van der Waals surface area contributed by atoms with Gasteiger partial charge in [-0.1, -0.05) is 66.7 Å². The average Bonchev–Trinajstić information content (AvgIpc) is 3.19. The van der Waals surface area contributed by atoms with Crippen LogP contribution in [-0.2, 0) is 0 Å². The maximum atomic E-state index is 6.24. The first-order chi connectivity index (χ1) is 14.9. The molecule has 0 saturated carbocycles. The van der Waals surface area contributed by atoms with Gasteiger partial charge in [0.15, 0.2) is 0 Å². The van der Waals surface area contributed by atoms with E-state index in [9.17, 15) is 0 Å². The maximum Gasteiger partial charge on any atom is 0.137 e. The highest BCUT2D eigenvalue weighted by atomic mass is 16.3. The average molecular weight is 383 g/mol. The van der Waals surface area contributed by atoms with Gasteiger partial charge in [0.25, 0.3) is 0 Å². The third-order valence-corrected chi connectivity index (χ3v) is 6.17. The van der Waals surface area contributed by atoms with Crippen molar-refractivity contribution in [1.82, 2.24) is 0 Å². The summed E-state index contributed by atoms with van der Waals surface area (Å²) in [6.07, 6.45) is 0. The second kappa shape index (κ2) is 5.74. The van der Waals surface area contributed by atoms with Crippen molar-refractivity contribution >= 4 is 49.8 Å². The van der Waals surface area contributed by atoms with E-state index in [0.29, 0.717) is 0 Å². The number of anilines is 3. The molecular weight excluding hydrogens is 366 g/mol. The molecule has 2 nitrogen and oxygen atoms in total. The van der Waals surface area contributed by atoms with E-state index in [-0.39, 0.29) is 0 Å². The highest BCUT2D eigenvalue weighted by molar-refractivity contribution is 6.23. The molecule has 0 amide bonds. The quantitative estimate of drug-likeness (QED) is 0.284. The molecular formula is C28H17NO. The zero-order chi connectivity index (χ0) is 19.7. The number of hydrogen-bond acceptors (Lipinski definition) is 2. The lowest BCUT2D eigenvalue weighted by Crippen LogP contribution is -2.15. The molecule has 1 aromatic heterocycles. The van der Waals surface area contributed by atoms with E-state index < -0.39 is 0 Å². The molecule has 0 saturated heterocycles. The smallest absolute Gasteiger partial charge is 0.137 e. The standard InChI is InChI=1S/C28H17NO/c1-2-10-19(11-3-1)29-23-14-7-9-18-8-6-13-20(26(18)23)21-16-17-25-27(28(21)29)22-12-4-5-15-24(22)30-25/h1-17H. The molecule has 5 aromatic carbocycles. The molecule has 0 bridgehead atoms. The van der Waals surface area contributed by atoms with Crippen LogP contribution in [0.3, 0.4) is 0 Å². The van der Waals surface area contributed by atoms with Gasteiger partial charge in [0.1, 0.15) is 11.2 Å². The van der Waals surface area contributed by atoms with Crippen molar-refractivity contribution in [2.45, 2.75) is 0 Å². The van der Waals surface area contributed by atoms with Crippen LogP contribution in [0.2, 0.25) is 0 Å². The van der Waals surface area contributed by atoms with Crippen LogP contribution in [0.5, 0.6) is 0 Å². The Hall–Kier alpha value is -4.04. The van der Waals surface area contributed by atoms with Gasteiger partial charge in [-0.05, 0) is 47.3 Å². The third-order valence-electron chi connectivity index (χ3n) is 6.17. The summed E-state index contributed by atoms with van der Waals surface area (Å²) >= 11 is 0. The van der Waals surface area contributed by atoms with Gasteiger partial charge in [0.2, 0.25) is 0 Å². The minimum atomic E-state index is 0.919. The van der Waals surface area contributed by atoms with Crippen molar-refractivity contribution in [3.63, 3.8) is 0 Å². The molecule has 140 valence electrons. The molecule has 0 spiro atoms. The van der Waals surface area contributed by atoms with Crippen LogP contribution >= 0.6 is 0 Å². The lowest BCUT2D eigenvalue weighted by Gasteiger charge is -2.34. The Kier molecular flexibility index (Phi) is 3.03. The van der Waals surface area contributed by atoms with Crippen LogP contribution in [0, 0.1) is 0 Å². The number of benzene rings is 5. The summed E-state index contributed by atoms with van der Waals surface area (Å²) < 4.78 is 6.24. The Morgan fingerprint density at radius 2 is 1.33 bits per heavy atom. The zero-order valence-corrected chi connectivity index (χ0v) is 16.2. The summed E-state index contributed by atoms with van der Waals surface area (Å²) in [7, 11) is 0. The van der Waals surface area contributed by atoms with E-state index in [2.05, 4.69) is 95.9 Å². The lowest BCUT2D eigenvalue weighted by atomic mass is 9.89. The highest BCUT2D eigenvalue weighted by Gasteiger charge is 2.29. The summed E-state index contributed by atoms with van der Waals surface area (Å²) in [6.45, 7) is 0. The monoisotopic (exact) mass is 383 g/mol. The number of fused-ring (bicyclic) bond motifs is 6. The van der Waals surface area contributed by atoms with Gasteiger partial charge in [0.05, 0.1) is 16.8 Å². The Balaban J connectivity index is 1.73. The Labute approximate surface area is 173 Å². The predicted octanol–water partition coefficient (Wildman–Crippen LogP) is 8.19. The summed E-state index contributed by atoms with van der Waals surface area (Å²) in [5.41, 5.74) is 7.90. The van der Waals surface area contributed by atoms with E-state index in [1.165, 1.54) is 38.7 Å². The summed E-state index contributed by atoms with van der Waals surface area (Å²) in [5, 5.41) is 4.87. The molecule has 0 N–H and O–H groups in total. The predicted molar refractivity (Wildman–Crippen MR) is 125 cm³/mol. The van der Waals surface area contributed by atoms with E-state index in [1.54, 1.807) is 0 Å². The van der Waals surface area contributed by atoms with E-state index in [1.807, 2.05) is 12.1 Å². The molecule has 0 unspecified atom stereocenters. The molecule has 7 rings (SSSR count). The van der Waals surface area contributed by atoms with E-state index >= 15 is 0 Å². The SMILES string of the molecule is c1ccc(N2c3cccc4cccc(c34)-c3ccc4oc5ccccc5c4c32)cc1. The first-order valence-electron chi connectivity index (χ1n) is 10.2. The van der Waals surface area contributed by atoms with Crippen molar-refractivity contribution < 1.29 is 4.42 Å². The van der Waals surface area contributed by atoms with Gasteiger partial charge in [-0.3, -0.25) is 0 Å². The van der Waals surface area contributed by atoms with Crippen LogP contribution in [0.1, 0.15) is 0 Å². The second-order valence-corrected chi connectivity index (χ2v) is 7.78. The number of hydrogen-bond donors (Lipinski definition) is 0. The summed E-state index contributed by atoms with van der Waals surface area (Å²) in [4.78, 5) is 2.40. The summed E-state index contributed by atoms with van der Waals surface area (Å²) in [5.74, 6) is 0. The van der Waals surface area contributed by atoms with Crippen LogP contribution in [0.25, 0.3) is 43.8 Å². The zero-order valence-electron chi connectivity index (χ0n) is 16.2. The van der Waals surface area contributed by atoms with Crippen molar-refractivity contribution in [2.75, 3.05) is 4.90 Å². The number of rotatable bonds is 1. The molecule has 2 heterocycles. The molecule has 0 fully saturated rings. The topological polar surface area (TPSA) is 16.4 Å². The van der Waals surface area contributed by atoms with Crippen LogP contribution < -0.4 is 4.90 Å². The lowest BCUT2D eigenvalue weighted by molar-refractivity contribution is 0.669. The summed E-state index contributed by atoms with van der Waals surface area (Å²) in [6, 6.07) is 36.4. The molecule has 0 radical (unpaired) electrons. The van der Waals surface area contributed by atoms with Gasteiger partial charge < -0.3 is 9.32 Å². The van der Waals surface area contributed by atoms with Crippen molar-refractivity contribution in [2.24, 2.45) is 0 Å². The van der Waals surface area contributed by atoms with Crippen LogP contribution in [0.15, 0.2) is 108 Å². The van der Waals surface area contributed by atoms with Crippen LogP contribution in [-0.4, -0.2) is 0 Å². The molecule has 2 heteroatoms. The Morgan fingerprint density at radius 1 is 0.533 bits per heavy atom. The Morgan fingerprint density at radius 3 is 2.23 bits per heavy atom. The van der Waals surface area contributed by atoms with Crippen LogP contribution in [0.4, 0.5) is 17.1 Å². The highest BCUT2D eigenvalue weighted by Crippen LogP contribution is 2.54. The first kappa shape index (κ1) is 15.8. The normalized spacial score (nSPS) is 12.6. The fraction of sp³-hybridized carbons (Fsp3) is 0. The molecule has 30 heavy (non-hydrogen) atoms. The van der Waals surface area contributed by atoms with Crippen molar-refractivity contribution in [3.8, 4) is 11.1 Å². The minimum absolute atomic E-state index is 0.919. The molecule has 1 aliphatic heterocycles. The fourth-order valence-corrected chi connectivity index (χ4v) is 4.95. The number of para-hydroxylation sites is 2. The third kappa shape index (κ3) is 1.98. The van der Waals surface area contributed by atoms with Gasteiger partial charge in [-0.25, -0.2) is 0 Å². The van der Waals surface area contributed by atoms with Gasteiger partial charge >= 0.3 is 0 Å². The molecule has 0 aliphatic carbocycles. The van der Waals surface area contributed by atoms with Crippen molar-refractivity contribution in [1.29, 1.82) is 0 Å². The first-order valence-corrected chi connectivity index (χ1v) is 10.2. The largest absolute Gasteiger partial charge is 0.456 e. The van der Waals surface area contributed by atoms with Gasteiger partial charge in [-0.2, -0.15) is 0 Å². The molecule has 1 aliphatic rings. The second-order valence-electron chi connectivity index (χ2n) is 7.78. The van der Waals surface area contributed by atoms with Gasteiger partial charge in [0, 0.05) is 22.0 Å². The number of furan rings is 1. The van der Waals surface area contributed by atoms with Crippen molar-refractivity contribution in [3.05, 3.63) is 103 Å². The van der Waals surface area contributed by atoms with E-state index in [4.69, 9.17) is 4.42 Å². The fourth-order valence-electron chi connectivity index (χ4n) is 4.95. The molecule has 6 aromatic rings. The Bertz CT molecular complexity index is 1590. The van der Waals surface area contributed by atoms with E-state index in [0.717, 1.165) is 22.2 Å². The molecule has 0 atom stereocenters.